The number of amides is 1. The summed E-state index contributed by atoms with van der Waals surface area (Å²) in [4.78, 5) is 22.4. The standard InChI is InChI=1S/C27H37N5O/c1-18(2)32-10-8-23(9-11-32)30-27(33)25-12-19(3)29-26-7-6-21(14-24(25)26)22-13-20(15-28-16-22)17-31(4)5/h6-7,12-16,18-19,23,29H,8-11,17H2,1-5H3,(H,30,33). The highest BCUT2D eigenvalue weighted by atomic mass is 16.1. The Kier molecular flexibility index (Phi) is 7.15. The second-order valence-electron chi connectivity index (χ2n) is 9.97. The smallest absolute Gasteiger partial charge is 0.251 e. The monoisotopic (exact) mass is 447 g/mol. The van der Waals surface area contributed by atoms with Gasteiger partial charge in [0.1, 0.15) is 0 Å². The van der Waals surface area contributed by atoms with E-state index in [1.807, 2.05) is 18.5 Å². The molecule has 2 aromatic rings. The van der Waals surface area contributed by atoms with Gasteiger partial charge in [-0.3, -0.25) is 9.78 Å². The molecule has 6 heteroatoms. The molecule has 1 saturated heterocycles. The predicted octanol–water partition coefficient (Wildman–Crippen LogP) is 4.00. The van der Waals surface area contributed by atoms with E-state index >= 15 is 0 Å². The van der Waals surface area contributed by atoms with Crippen molar-refractivity contribution in [2.45, 2.75) is 58.3 Å². The molecule has 6 nitrogen and oxygen atoms in total. The summed E-state index contributed by atoms with van der Waals surface area (Å²) in [6, 6.07) is 9.40. The topological polar surface area (TPSA) is 60.5 Å². The molecular formula is C27H37N5O. The minimum Gasteiger partial charge on any atom is -0.379 e. The molecule has 0 radical (unpaired) electrons. The quantitative estimate of drug-likeness (QED) is 0.701. The Morgan fingerprint density at radius 2 is 1.94 bits per heavy atom. The van der Waals surface area contributed by atoms with E-state index in [0.29, 0.717) is 6.04 Å². The van der Waals surface area contributed by atoms with E-state index in [9.17, 15) is 4.79 Å². The van der Waals surface area contributed by atoms with Crippen LogP contribution in [0.3, 0.4) is 0 Å². The van der Waals surface area contributed by atoms with Crippen LogP contribution < -0.4 is 10.6 Å². The molecule has 3 heterocycles. The molecule has 1 unspecified atom stereocenters. The lowest BCUT2D eigenvalue weighted by atomic mass is 9.92. The van der Waals surface area contributed by atoms with Crippen molar-refractivity contribution in [2.24, 2.45) is 0 Å². The molecule has 2 N–H and O–H groups in total. The van der Waals surface area contributed by atoms with Crippen molar-refractivity contribution in [1.82, 2.24) is 20.1 Å². The molecule has 1 fully saturated rings. The fourth-order valence-electron chi connectivity index (χ4n) is 4.82. The Labute approximate surface area is 198 Å². The Morgan fingerprint density at radius 3 is 2.64 bits per heavy atom. The Morgan fingerprint density at radius 1 is 1.18 bits per heavy atom. The number of carbonyl (C=O) groups is 1. The van der Waals surface area contributed by atoms with Gasteiger partial charge in [-0.15, -0.1) is 0 Å². The number of fused-ring (bicyclic) bond motifs is 1. The van der Waals surface area contributed by atoms with Crippen LogP contribution in [0.25, 0.3) is 16.7 Å². The first-order chi connectivity index (χ1) is 15.8. The third-order valence-electron chi connectivity index (χ3n) is 6.58. The maximum atomic E-state index is 13.4. The van der Waals surface area contributed by atoms with Crippen LogP contribution in [0.1, 0.15) is 44.7 Å². The van der Waals surface area contributed by atoms with E-state index in [4.69, 9.17) is 0 Å². The molecule has 1 aromatic carbocycles. The van der Waals surface area contributed by atoms with Crippen molar-refractivity contribution < 1.29 is 4.79 Å². The Bertz CT molecular complexity index is 1020. The molecule has 1 aromatic heterocycles. The van der Waals surface area contributed by atoms with Gasteiger partial charge in [0.05, 0.1) is 0 Å². The van der Waals surface area contributed by atoms with Gasteiger partial charge in [-0.2, -0.15) is 0 Å². The van der Waals surface area contributed by atoms with Crippen molar-refractivity contribution in [3.63, 3.8) is 0 Å². The molecule has 2 aliphatic rings. The summed E-state index contributed by atoms with van der Waals surface area (Å²) in [6.07, 6.45) is 7.86. The van der Waals surface area contributed by atoms with Crippen molar-refractivity contribution >= 4 is 17.2 Å². The third-order valence-corrected chi connectivity index (χ3v) is 6.58. The van der Waals surface area contributed by atoms with Crippen LogP contribution in [0.4, 0.5) is 5.69 Å². The zero-order chi connectivity index (χ0) is 23.5. The van der Waals surface area contributed by atoms with E-state index in [1.54, 1.807) is 0 Å². The largest absolute Gasteiger partial charge is 0.379 e. The minimum absolute atomic E-state index is 0.0317. The van der Waals surface area contributed by atoms with Crippen molar-refractivity contribution in [1.29, 1.82) is 0 Å². The summed E-state index contributed by atoms with van der Waals surface area (Å²) in [5.74, 6) is 0.0317. The molecule has 0 aliphatic carbocycles. The van der Waals surface area contributed by atoms with E-state index in [-0.39, 0.29) is 18.0 Å². The molecule has 0 bridgehead atoms. The molecular weight excluding hydrogens is 410 g/mol. The number of pyridine rings is 1. The Hall–Kier alpha value is -2.70. The zero-order valence-electron chi connectivity index (χ0n) is 20.6. The average Bonchev–Trinajstić information content (AvgIpc) is 2.78. The molecule has 4 rings (SSSR count). The van der Waals surface area contributed by atoms with Gasteiger partial charge in [0.2, 0.25) is 0 Å². The minimum atomic E-state index is 0.0317. The number of likely N-dealkylation sites (tertiary alicyclic amines) is 1. The lowest BCUT2D eigenvalue weighted by Gasteiger charge is -2.35. The highest BCUT2D eigenvalue weighted by Crippen LogP contribution is 2.34. The zero-order valence-corrected chi connectivity index (χ0v) is 20.6. The van der Waals surface area contributed by atoms with Gasteiger partial charge in [0.25, 0.3) is 5.91 Å². The van der Waals surface area contributed by atoms with E-state index in [2.05, 4.69) is 84.5 Å². The number of piperidine rings is 1. The molecule has 0 saturated carbocycles. The predicted molar refractivity (Wildman–Crippen MR) is 136 cm³/mol. The Balaban J connectivity index is 1.55. The van der Waals surface area contributed by atoms with Crippen LogP contribution in [0.15, 0.2) is 42.7 Å². The van der Waals surface area contributed by atoms with Crippen LogP contribution in [-0.4, -0.2) is 66.0 Å². The van der Waals surface area contributed by atoms with Crippen LogP contribution in [-0.2, 0) is 11.3 Å². The second kappa shape index (κ2) is 10.1. The SMILES string of the molecule is CC1C=C(C(=O)NC2CCN(C(C)C)CC2)c2cc(-c3cncc(CN(C)C)c3)ccc2N1. The number of aromatic nitrogens is 1. The number of rotatable bonds is 6. The molecule has 1 amide bonds. The maximum absolute atomic E-state index is 13.4. The van der Waals surface area contributed by atoms with Crippen molar-refractivity contribution in [3.8, 4) is 11.1 Å². The molecule has 176 valence electrons. The number of nitrogens with zero attached hydrogens (tertiary/aromatic N) is 3. The molecule has 1 atom stereocenters. The van der Waals surface area contributed by atoms with E-state index in [0.717, 1.165) is 60.4 Å². The van der Waals surface area contributed by atoms with Crippen molar-refractivity contribution in [2.75, 3.05) is 32.5 Å². The summed E-state index contributed by atoms with van der Waals surface area (Å²) >= 11 is 0. The van der Waals surface area contributed by atoms with Gasteiger partial charge in [-0.1, -0.05) is 6.07 Å². The average molecular weight is 448 g/mol. The first-order valence-corrected chi connectivity index (χ1v) is 12.1. The summed E-state index contributed by atoms with van der Waals surface area (Å²) in [5.41, 5.74) is 6.04. The summed E-state index contributed by atoms with van der Waals surface area (Å²) in [6.45, 7) is 9.47. The second-order valence-corrected chi connectivity index (χ2v) is 9.97. The summed E-state index contributed by atoms with van der Waals surface area (Å²) in [7, 11) is 4.11. The van der Waals surface area contributed by atoms with Crippen LogP contribution >= 0.6 is 0 Å². The van der Waals surface area contributed by atoms with Gasteiger partial charge in [-0.25, -0.2) is 0 Å². The van der Waals surface area contributed by atoms with Gasteiger partial charge in [0, 0.05) is 72.5 Å². The first kappa shape index (κ1) is 23.5. The molecule has 2 aliphatic heterocycles. The summed E-state index contributed by atoms with van der Waals surface area (Å²) in [5, 5.41) is 6.82. The van der Waals surface area contributed by atoms with Gasteiger partial charge in [-0.05, 0) is 83.1 Å². The number of carbonyl (C=O) groups excluding carboxylic acids is 1. The lowest BCUT2D eigenvalue weighted by molar-refractivity contribution is -0.116. The fraction of sp³-hybridized carbons (Fsp3) is 0.481. The van der Waals surface area contributed by atoms with E-state index in [1.165, 1.54) is 5.56 Å². The van der Waals surface area contributed by atoms with E-state index < -0.39 is 0 Å². The van der Waals surface area contributed by atoms with Crippen LogP contribution in [0.2, 0.25) is 0 Å². The first-order valence-electron chi connectivity index (χ1n) is 12.1. The summed E-state index contributed by atoms with van der Waals surface area (Å²) < 4.78 is 0. The number of anilines is 1. The van der Waals surface area contributed by atoms with Crippen molar-refractivity contribution in [3.05, 3.63) is 53.9 Å². The number of hydrogen-bond donors (Lipinski definition) is 2. The van der Waals surface area contributed by atoms with Crippen LogP contribution in [0.5, 0.6) is 0 Å². The maximum Gasteiger partial charge on any atom is 0.251 e. The number of nitrogens with one attached hydrogen (secondary N) is 2. The fourth-order valence-corrected chi connectivity index (χ4v) is 4.82. The van der Waals surface area contributed by atoms with Crippen LogP contribution in [0, 0.1) is 0 Å². The van der Waals surface area contributed by atoms with Gasteiger partial charge in [0.15, 0.2) is 0 Å². The van der Waals surface area contributed by atoms with Gasteiger partial charge >= 0.3 is 0 Å². The molecule has 0 spiro atoms. The number of benzene rings is 1. The number of hydrogen-bond acceptors (Lipinski definition) is 5. The van der Waals surface area contributed by atoms with Gasteiger partial charge < -0.3 is 20.4 Å². The highest BCUT2D eigenvalue weighted by molar-refractivity contribution is 6.22. The molecule has 33 heavy (non-hydrogen) atoms. The third kappa shape index (κ3) is 5.63. The normalized spacial score (nSPS) is 19.2. The lowest BCUT2D eigenvalue weighted by Crippen LogP contribution is -2.47. The highest BCUT2D eigenvalue weighted by Gasteiger charge is 2.26.